The van der Waals surface area contributed by atoms with E-state index in [1.807, 2.05) is 0 Å². The van der Waals surface area contributed by atoms with Crippen molar-refractivity contribution in [1.82, 2.24) is 5.32 Å². The molecular formula is C17H23NO6S. The van der Waals surface area contributed by atoms with Gasteiger partial charge in [-0.2, -0.15) is 11.8 Å². The van der Waals surface area contributed by atoms with Crippen LogP contribution in [-0.4, -0.2) is 57.9 Å². The van der Waals surface area contributed by atoms with Crippen molar-refractivity contribution in [2.75, 3.05) is 39.9 Å². The topological polar surface area (TPSA) is 83.1 Å². The number of amides is 1. The zero-order chi connectivity index (χ0) is 18.8. The first kappa shape index (κ1) is 20.7. The Balaban J connectivity index is 3.03. The zero-order valence-electron chi connectivity index (χ0n) is 14.8. The van der Waals surface area contributed by atoms with Crippen molar-refractivity contribution >= 4 is 23.6 Å². The lowest BCUT2D eigenvalue weighted by Crippen LogP contribution is -2.43. The van der Waals surface area contributed by atoms with Gasteiger partial charge in [0, 0.05) is 17.1 Å². The quantitative estimate of drug-likeness (QED) is 0.383. The molecule has 1 aromatic carbocycles. The maximum atomic E-state index is 12.5. The molecule has 0 bridgehead atoms. The van der Waals surface area contributed by atoms with Gasteiger partial charge in [-0.25, -0.2) is 4.79 Å². The fraction of sp³-hybridized carbons (Fsp3) is 0.412. The van der Waals surface area contributed by atoms with Gasteiger partial charge in [-0.15, -0.1) is 6.58 Å². The van der Waals surface area contributed by atoms with Crippen molar-refractivity contribution in [3.05, 3.63) is 30.4 Å². The van der Waals surface area contributed by atoms with E-state index in [-0.39, 0.29) is 5.56 Å². The molecule has 1 aromatic rings. The molecule has 0 radical (unpaired) electrons. The predicted octanol–water partition coefficient (Wildman–Crippen LogP) is 1.90. The highest BCUT2D eigenvalue weighted by Crippen LogP contribution is 2.38. The molecule has 8 heteroatoms. The Morgan fingerprint density at radius 2 is 1.76 bits per heavy atom. The van der Waals surface area contributed by atoms with Gasteiger partial charge in [-0.1, -0.05) is 6.08 Å². The summed E-state index contributed by atoms with van der Waals surface area (Å²) in [5.74, 6) is 1.15. The van der Waals surface area contributed by atoms with E-state index in [0.717, 1.165) is 0 Å². The third-order valence-electron chi connectivity index (χ3n) is 3.24. The van der Waals surface area contributed by atoms with Crippen LogP contribution in [0.25, 0.3) is 0 Å². The van der Waals surface area contributed by atoms with E-state index >= 15 is 0 Å². The summed E-state index contributed by atoms with van der Waals surface area (Å²) < 4.78 is 20.4. The number of carbonyl (C=O) groups is 2. The minimum atomic E-state index is -0.776. The molecule has 0 fully saturated rings. The molecule has 0 aliphatic heterocycles. The highest BCUT2D eigenvalue weighted by atomic mass is 32.2. The summed E-state index contributed by atoms with van der Waals surface area (Å²) in [5.41, 5.74) is 0.275. The molecule has 1 N–H and O–H groups in total. The summed E-state index contributed by atoms with van der Waals surface area (Å²) in [6, 6.07) is 2.26. The van der Waals surface area contributed by atoms with Gasteiger partial charge in [0.05, 0.1) is 28.4 Å². The first-order valence-electron chi connectivity index (χ1n) is 7.39. The first-order chi connectivity index (χ1) is 12.0. The Morgan fingerprint density at radius 3 is 2.20 bits per heavy atom. The molecule has 1 atom stereocenters. The van der Waals surface area contributed by atoms with E-state index in [1.165, 1.54) is 52.3 Å². The van der Waals surface area contributed by atoms with Gasteiger partial charge >= 0.3 is 5.97 Å². The van der Waals surface area contributed by atoms with E-state index < -0.39 is 17.9 Å². The molecule has 0 aliphatic rings. The van der Waals surface area contributed by atoms with Crippen LogP contribution >= 0.6 is 11.8 Å². The first-order valence-corrected chi connectivity index (χ1v) is 8.55. The van der Waals surface area contributed by atoms with Crippen molar-refractivity contribution < 1.29 is 28.5 Å². The van der Waals surface area contributed by atoms with Crippen molar-refractivity contribution in [1.29, 1.82) is 0 Å². The summed E-state index contributed by atoms with van der Waals surface area (Å²) in [6.07, 6.45) is 1.72. The van der Waals surface area contributed by atoms with Crippen LogP contribution in [0.3, 0.4) is 0 Å². The molecule has 25 heavy (non-hydrogen) atoms. The molecule has 0 spiro atoms. The van der Waals surface area contributed by atoms with Gasteiger partial charge in [0.25, 0.3) is 5.91 Å². The van der Waals surface area contributed by atoms with Crippen LogP contribution in [0, 0.1) is 0 Å². The molecule has 0 saturated heterocycles. The van der Waals surface area contributed by atoms with Gasteiger partial charge in [0.15, 0.2) is 11.5 Å². The Morgan fingerprint density at radius 1 is 1.16 bits per heavy atom. The molecule has 7 nitrogen and oxygen atoms in total. The zero-order valence-corrected chi connectivity index (χ0v) is 15.6. The Kier molecular flexibility index (Phi) is 8.69. The molecule has 0 aliphatic carbocycles. The largest absolute Gasteiger partial charge is 0.493 e. The monoisotopic (exact) mass is 369 g/mol. The van der Waals surface area contributed by atoms with Crippen molar-refractivity contribution in [3.8, 4) is 17.2 Å². The number of benzene rings is 1. The second-order valence-corrected chi connectivity index (χ2v) is 5.86. The molecule has 0 unspecified atom stereocenters. The minimum absolute atomic E-state index is 0.275. The third-order valence-corrected chi connectivity index (χ3v) is 4.28. The number of hydrogen-bond donors (Lipinski definition) is 1. The van der Waals surface area contributed by atoms with E-state index in [0.29, 0.717) is 28.8 Å². The highest BCUT2D eigenvalue weighted by Gasteiger charge is 2.24. The molecular weight excluding hydrogens is 346 g/mol. The smallest absolute Gasteiger partial charge is 0.329 e. The standard InChI is InChI=1S/C17H23NO6S/c1-6-7-25-10-12(17(20)24-5)18-16(19)11-8-13(21-2)15(23-4)14(9-11)22-3/h6,8-9,12H,1,7,10H2,2-5H3,(H,18,19)/t12-/m0/s1. The maximum Gasteiger partial charge on any atom is 0.329 e. The second-order valence-electron chi connectivity index (χ2n) is 4.79. The van der Waals surface area contributed by atoms with Crippen LogP contribution in [0.4, 0.5) is 0 Å². The molecule has 0 aromatic heterocycles. The summed E-state index contributed by atoms with van der Waals surface area (Å²) in [7, 11) is 5.67. The lowest BCUT2D eigenvalue weighted by atomic mass is 10.1. The summed E-state index contributed by atoms with van der Waals surface area (Å²) in [4.78, 5) is 24.4. The molecule has 1 rings (SSSR count). The van der Waals surface area contributed by atoms with Crippen LogP contribution < -0.4 is 19.5 Å². The average molecular weight is 369 g/mol. The van der Waals surface area contributed by atoms with E-state index in [9.17, 15) is 9.59 Å². The van der Waals surface area contributed by atoms with Crippen molar-refractivity contribution in [2.45, 2.75) is 6.04 Å². The maximum absolute atomic E-state index is 12.5. The summed E-state index contributed by atoms with van der Waals surface area (Å²) in [5, 5.41) is 2.66. The molecule has 0 saturated carbocycles. The second kappa shape index (κ2) is 10.5. The number of thioether (sulfide) groups is 1. The number of esters is 1. The normalized spacial score (nSPS) is 11.2. The third kappa shape index (κ3) is 5.60. The lowest BCUT2D eigenvalue weighted by Gasteiger charge is -2.17. The highest BCUT2D eigenvalue weighted by molar-refractivity contribution is 7.99. The fourth-order valence-corrected chi connectivity index (χ4v) is 2.79. The molecule has 1 amide bonds. The number of ether oxygens (including phenoxy) is 4. The van der Waals surface area contributed by atoms with E-state index in [4.69, 9.17) is 18.9 Å². The van der Waals surface area contributed by atoms with E-state index in [2.05, 4.69) is 11.9 Å². The predicted molar refractivity (Wildman–Crippen MR) is 96.9 cm³/mol. The fourth-order valence-electron chi connectivity index (χ4n) is 2.03. The van der Waals surface area contributed by atoms with Gasteiger partial charge < -0.3 is 24.3 Å². The number of rotatable bonds is 10. The molecule has 0 heterocycles. The van der Waals surface area contributed by atoms with Gasteiger partial charge in [0.2, 0.25) is 5.75 Å². The van der Waals surface area contributed by atoms with Crippen LogP contribution in [-0.2, 0) is 9.53 Å². The number of methoxy groups -OCH3 is 4. The Labute approximate surface area is 151 Å². The summed E-state index contributed by atoms with van der Waals surface area (Å²) in [6.45, 7) is 3.62. The number of carbonyl (C=O) groups excluding carboxylic acids is 2. The van der Waals surface area contributed by atoms with Crippen molar-refractivity contribution in [3.63, 3.8) is 0 Å². The van der Waals surface area contributed by atoms with Crippen LogP contribution in [0.15, 0.2) is 24.8 Å². The molecule has 138 valence electrons. The van der Waals surface area contributed by atoms with Crippen LogP contribution in [0.2, 0.25) is 0 Å². The number of hydrogen-bond acceptors (Lipinski definition) is 7. The SMILES string of the molecule is C=CCSC[C@H](NC(=O)c1cc(OC)c(OC)c(OC)c1)C(=O)OC. The Hall–Kier alpha value is -2.35. The van der Waals surface area contributed by atoms with E-state index in [1.54, 1.807) is 6.08 Å². The van der Waals surface area contributed by atoms with Crippen molar-refractivity contribution in [2.24, 2.45) is 0 Å². The lowest BCUT2D eigenvalue weighted by molar-refractivity contribution is -0.142. The Bertz CT molecular complexity index is 594. The van der Waals surface area contributed by atoms with Crippen LogP contribution in [0.1, 0.15) is 10.4 Å². The van der Waals surface area contributed by atoms with Gasteiger partial charge in [0.1, 0.15) is 6.04 Å². The van der Waals surface area contributed by atoms with Gasteiger partial charge in [-0.05, 0) is 12.1 Å². The van der Waals surface area contributed by atoms with Crippen LogP contribution in [0.5, 0.6) is 17.2 Å². The van der Waals surface area contributed by atoms with Gasteiger partial charge in [-0.3, -0.25) is 4.79 Å². The summed E-state index contributed by atoms with van der Waals surface area (Å²) >= 11 is 1.46. The number of nitrogens with one attached hydrogen (secondary N) is 1. The minimum Gasteiger partial charge on any atom is -0.493 e. The average Bonchev–Trinajstić information content (AvgIpc) is 2.65.